The molecule has 1 aromatic carbocycles. The van der Waals surface area contributed by atoms with Crippen LogP contribution in [0.3, 0.4) is 0 Å². The third-order valence-corrected chi connectivity index (χ3v) is 4.27. The molecule has 0 spiro atoms. The van der Waals surface area contributed by atoms with Crippen LogP contribution in [0.4, 0.5) is 5.82 Å². The maximum Gasteiger partial charge on any atom is 0.224 e. The third-order valence-electron chi connectivity index (χ3n) is 3.02. The van der Waals surface area contributed by atoms with Crippen molar-refractivity contribution in [3.8, 4) is 11.6 Å². The number of rotatable bonds is 4. The number of hydrazine groups is 1. The molecule has 21 heavy (non-hydrogen) atoms. The molecule has 0 aliphatic heterocycles. The molecule has 0 radical (unpaired) electrons. The highest BCUT2D eigenvalue weighted by Gasteiger charge is 2.10. The summed E-state index contributed by atoms with van der Waals surface area (Å²) in [6.45, 7) is 8.09. The minimum Gasteiger partial charge on any atom is -0.439 e. The highest BCUT2D eigenvalue weighted by molar-refractivity contribution is 9.10. The molecule has 0 fully saturated rings. The van der Waals surface area contributed by atoms with E-state index in [1.807, 2.05) is 39.8 Å². The van der Waals surface area contributed by atoms with Gasteiger partial charge >= 0.3 is 0 Å². The number of nitrogen functional groups attached to an aromatic ring is 1. The fourth-order valence-corrected chi connectivity index (χ4v) is 2.14. The normalized spacial score (nSPS) is 10.8. The van der Waals surface area contributed by atoms with Gasteiger partial charge in [0.2, 0.25) is 5.88 Å². The van der Waals surface area contributed by atoms with E-state index in [-0.39, 0.29) is 5.92 Å². The number of aromatic nitrogens is 2. The van der Waals surface area contributed by atoms with Gasteiger partial charge in [0, 0.05) is 16.5 Å². The first kappa shape index (κ1) is 15.7. The Morgan fingerprint density at radius 3 is 2.29 bits per heavy atom. The lowest BCUT2D eigenvalue weighted by molar-refractivity contribution is 0.456. The number of hydrogen-bond donors (Lipinski definition) is 2. The number of nitrogens with two attached hydrogens (primary N) is 1. The molecule has 0 atom stereocenters. The number of halogens is 1. The maximum atomic E-state index is 5.86. The first-order valence-corrected chi connectivity index (χ1v) is 7.50. The minimum absolute atomic E-state index is 0.189. The molecule has 112 valence electrons. The number of aryl methyl sites for hydroxylation is 2. The number of benzene rings is 1. The van der Waals surface area contributed by atoms with Crippen molar-refractivity contribution in [1.29, 1.82) is 0 Å². The Labute approximate surface area is 133 Å². The van der Waals surface area contributed by atoms with Gasteiger partial charge in [0.05, 0.1) is 0 Å². The van der Waals surface area contributed by atoms with E-state index in [9.17, 15) is 0 Å². The average molecular weight is 351 g/mol. The van der Waals surface area contributed by atoms with Crippen LogP contribution in [0.5, 0.6) is 11.6 Å². The summed E-state index contributed by atoms with van der Waals surface area (Å²) in [5.74, 6) is 8.07. The Morgan fingerprint density at radius 2 is 1.76 bits per heavy atom. The van der Waals surface area contributed by atoms with E-state index in [4.69, 9.17) is 10.6 Å². The second-order valence-corrected chi connectivity index (χ2v) is 6.01. The van der Waals surface area contributed by atoms with E-state index in [2.05, 4.69) is 31.3 Å². The number of nitrogens with one attached hydrogen (secondary N) is 1. The molecule has 0 unspecified atom stereocenters. The van der Waals surface area contributed by atoms with Crippen LogP contribution in [0, 0.1) is 13.8 Å². The van der Waals surface area contributed by atoms with Gasteiger partial charge in [0.15, 0.2) is 0 Å². The Morgan fingerprint density at radius 1 is 1.14 bits per heavy atom. The van der Waals surface area contributed by atoms with Crippen LogP contribution in [0.25, 0.3) is 0 Å². The second kappa shape index (κ2) is 6.41. The van der Waals surface area contributed by atoms with Crippen molar-refractivity contribution in [3.63, 3.8) is 0 Å². The van der Waals surface area contributed by atoms with Crippen LogP contribution < -0.4 is 16.0 Å². The van der Waals surface area contributed by atoms with Crippen LogP contribution in [-0.4, -0.2) is 9.97 Å². The van der Waals surface area contributed by atoms with Gasteiger partial charge in [-0.05, 0) is 37.1 Å². The molecule has 5 nitrogen and oxygen atoms in total. The molecule has 0 bridgehead atoms. The molecule has 2 aromatic rings. The summed E-state index contributed by atoms with van der Waals surface area (Å²) in [6, 6.07) is 5.60. The molecule has 1 aromatic heterocycles. The van der Waals surface area contributed by atoms with Crippen LogP contribution in [0.2, 0.25) is 0 Å². The van der Waals surface area contributed by atoms with Crippen molar-refractivity contribution in [1.82, 2.24) is 9.97 Å². The first-order valence-electron chi connectivity index (χ1n) is 6.71. The number of nitrogens with zero attached hydrogens (tertiary/aromatic N) is 2. The number of hydrogen-bond acceptors (Lipinski definition) is 5. The van der Waals surface area contributed by atoms with Crippen LogP contribution >= 0.6 is 15.9 Å². The average Bonchev–Trinajstić information content (AvgIpc) is 2.44. The number of anilines is 1. The third kappa shape index (κ3) is 3.71. The lowest BCUT2D eigenvalue weighted by atomic mass is 10.1. The van der Waals surface area contributed by atoms with Crippen LogP contribution in [-0.2, 0) is 0 Å². The molecule has 1 heterocycles. The van der Waals surface area contributed by atoms with Crippen LogP contribution in [0.15, 0.2) is 22.7 Å². The Bertz CT molecular complexity index is 635. The van der Waals surface area contributed by atoms with Gasteiger partial charge < -0.3 is 10.2 Å². The van der Waals surface area contributed by atoms with Crippen molar-refractivity contribution in [2.75, 3.05) is 5.43 Å². The topological polar surface area (TPSA) is 73.1 Å². The Balaban J connectivity index is 2.37. The standard InChI is InChI=1S/C15H19BrN4O/c1-8(2)15-18-12(20-17)7-13(19-15)21-11-5-9(3)14(16)10(4)6-11/h5-8H,17H2,1-4H3,(H,18,19,20). The minimum atomic E-state index is 0.189. The summed E-state index contributed by atoms with van der Waals surface area (Å²) in [4.78, 5) is 8.72. The first-order chi connectivity index (χ1) is 9.90. The van der Waals surface area contributed by atoms with Gasteiger partial charge in [-0.15, -0.1) is 0 Å². The monoisotopic (exact) mass is 350 g/mol. The molecular formula is C15H19BrN4O. The van der Waals surface area contributed by atoms with E-state index < -0.39 is 0 Å². The van der Waals surface area contributed by atoms with Crippen LogP contribution in [0.1, 0.15) is 36.7 Å². The summed E-state index contributed by atoms with van der Waals surface area (Å²) in [7, 11) is 0. The van der Waals surface area contributed by atoms with Gasteiger partial charge in [0.25, 0.3) is 0 Å². The van der Waals surface area contributed by atoms with Crippen molar-refractivity contribution in [3.05, 3.63) is 39.6 Å². The molecule has 0 aliphatic carbocycles. The zero-order valence-electron chi connectivity index (χ0n) is 12.6. The fraction of sp³-hybridized carbons (Fsp3) is 0.333. The van der Waals surface area contributed by atoms with Gasteiger partial charge in [-0.1, -0.05) is 29.8 Å². The summed E-state index contributed by atoms with van der Waals surface area (Å²) in [5.41, 5.74) is 4.76. The molecule has 0 saturated heterocycles. The zero-order chi connectivity index (χ0) is 15.6. The summed E-state index contributed by atoms with van der Waals surface area (Å²) in [6.07, 6.45) is 0. The molecule has 3 N–H and O–H groups in total. The SMILES string of the molecule is Cc1cc(Oc2cc(NN)nc(C(C)C)n2)cc(C)c1Br. The highest BCUT2D eigenvalue weighted by Crippen LogP contribution is 2.29. The number of ether oxygens (including phenoxy) is 1. The van der Waals surface area contributed by atoms with E-state index >= 15 is 0 Å². The summed E-state index contributed by atoms with van der Waals surface area (Å²) >= 11 is 3.54. The van der Waals surface area contributed by atoms with Crippen molar-refractivity contribution < 1.29 is 4.74 Å². The summed E-state index contributed by atoms with van der Waals surface area (Å²) < 4.78 is 6.95. The molecule has 6 heteroatoms. The predicted molar refractivity (Wildman–Crippen MR) is 87.6 cm³/mol. The van der Waals surface area contributed by atoms with E-state index in [0.717, 1.165) is 21.3 Å². The predicted octanol–water partition coefficient (Wildman–Crippen LogP) is 4.06. The van der Waals surface area contributed by atoms with Gasteiger partial charge in [-0.25, -0.2) is 10.8 Å². The van der Waals surface area contributed by atoms with E-state index in [1.165, 1.54) is 0 Å². The Kier molecular flexibility index (Phi) is 4.80. The molecular weight excluding hydrogens is 332 g/mol. The fourth-order valence-electron chi connectivity index (χ4n) is 1.91. The maximum absolute atomic E-state index is 5.86. The van der Waals surface area contributed by atoms with E-state index in [0.29, 0.717) is 17.5 Å². The molecule has 0 aliphatic rings. The molecule has 2 rings (SSSR count). The molecule has 0 saturated carbocycles. The van der Waals surface area contributed by atoms with Crippen molar-refractivity contribution >= 4 is 21.7 Å². The van der Waals surface area contributed by atoms with Crippen molar-refractivity contribution in [2.24, 2.45) is 5.84 Å². The smallest absolute Gasteiger partial charge is 0.224 e. The molecule has 0 amide bonds. The van der Waals surface area contributed by atoms with Gasteiger partial charge in [-0.2, -0.15) is 4.98 Å². The Hall–Kier alpha value is -1.66. The second-order valence-electron chi connectivity index (χ2n) is 5.22. The lowest BCUT2D eigenvalue weighted by Gasteiger charge is -2.12. The highest BCUT2D eigenvalue weighted by atomic mass is 79.9. The summed E-state index contributed by atoms with van der Waals surface area (Å²) in [5, 5.41) is 0. The van der Waals surface area contributed by atoms with E-state index in [1.54, 1.807) is 6.07 Å². The quantitative estimate of drug-likeness (QED) is 0.642. The zero-order valence-corrected chi connectivity index (χ0v) is 14.2. The largest absolute Gasteiger partial charge is 0.439 e. The lowest BCUT2D eigenvalue weighted by Crippen LogP contribution is -2.11. The van der Waals surface area contributed by atoms with Gasteiger partial charge in [-0.3, -0.25) is 0 Å². The van der Waals surface area contributed by atoms with Crippen molar-refractivity contribution in [2.45, 2.75) is 33.6 Å². The van der Waals surface area contributed by atoms with Gasteiger partial charge in [0.1, 0.15) is 17.4 Å².